The molecule has 0 aromatic heterocycles. The van der Waals surface area contributed by atoms with Gasteiger partial charge in [-0.1, -0.05) is 24.8 Å². The molecule has 0 fully saturated rings. The van der Waals surface area contributed by atoms with Gasteiger partial charge in [-0.25, -0.2) is 4.79 Å². The highest BCUT2D eigenvalue weighted by Crippen LogP contribution is 2.40. The fourth-order valence-electron chi connectivity index (χ4n) is 1.78. The molecule has 2 unspecified atom stereocenters. The first-order valence-electron chi connectivity index (χ1n) is 4.87. The second-order valence-electron chi connectivity index (χ2n) is 3.54. The standard InChI is InChI=1S/C12H12O4/c1-7(11(13)15-2)10-8-5-3-4-6-9(8)12(14)16-10/h3-6,10,12,14H,1H2,2H3/p+1. The van der Waals surface area contributed by atoms with E-state index < -0.39 is 18.4 Å². The summed E-state index contributed by atoms with van der Waals surface area (Å²) in [5.74, 6) is -0.506. The van der Waals surface area contributed by atoms with E-state index in [0.717, 1.165) is 11.1 Å². The van der Waals surface area contributed by atoms with E-state index in [1.807, 2.05) is 24.3 Å². The Morgan fingerprint density at radius 3 is 2.69 bits per heavy atom. The van der Waals surface area contributed by atoms with Gasteiger partial charge >= 0.3 is 5.97 Å². The fourth-order valence-corrected chi connectivity index (χ4v) is 1.78. The zero-order valence-corrected chi connectivity index (χ0v) is 8.90. The summed E-state index contributed by atoms with van der Waals surface area (Å²) >= 11 is 0. The van der Waals surface area contributed by atoms with Gasteiger partial charge in [0.25, 0.3) is 6.29 Å². The molecule has 1 aliphatic rings. The minimum Gasteiger partial charge on any atom is -0.466 e. The second-order valence-corrected chi connectivity index (χ2v) is 3.54. The third-order valence-electron chi connectivity index (χ3n) is 2.60. The Hall–Kier alpha value is -1.65. The van der Waals surface area contributed by atoms with Crippen molar-refractivity contribution < 1.29 is 19.4 Å². The summed E-state index contributed by atoms with van der Waals surface area (Å²) in [6, 6.07) is 7.34. The molecule has 0 amide bonds. The quantitative estimate of drug-likeness (QED) is 0.428. The lowest BCUT2D eigenvalue weighted by molar-refractivity contribution is -0.142. The van der Waals surface area contributed by atoms with Gasteiger partial charge in [0.05, 0.1) is 18.2 Å². The van der Waals surface area contributed by atoms with Crippen LogP contribution in [-0.2, 0) is 14.3 Å². The minimum atomic E-state index is -0.761. The Bertz CT molecular complexity index is 438. The number of ether oxygens (including phenoxy) is 2. The molecule has 1 aromatic rings. The van der Waals surface area contributed by atoms with E-state index in [2.05, 4.69) is 11.3 Å². The normalized spacial score (nSPS) is 22.6. The minimum absolute atomic E-state index is 0.227. The van der Waals surface area contributed by atoms with E-state index in [1.54, 1.807) is 0 Å². The maximum Gasteiger partial charge on any atom is 0.336 e. The average Bonchev–Trinajstić information content (AvgIpc) is 2.65. The van der Waals surface area contributed by atoms with Crippen LogP contribution in [0.5, 0.6) is 0 Å². The molecule has 0 spiro atoms. The number of fused-ring (bicyclic) bond motifs is 1. The van der Waals surface area contributed by atoms with Crippen molar-refractivity contribution in [1.29, 1.82) is 0 Å². The molecule has 0 bridgehead atoms. The topological polar surface area (TPSA) is 58.4 Å². The van der Waals surface area contributed by atoms with Crippen molar-refractivity contribution in [3.63, 3.8) is 0 Å². The number of rotatable bonds is 2. The van der Waals surface area contributed by atoms with Gasteiger partial charge in [-0.05, 0) is 11.6 Å². The molecular formula is C12H13O4+. The molecule has 1 aromatic carbocycles. The van der Waals surface area contributed by atoms with Crippen LogP contribution in [0.3, 0.4) is 0 Å². The Balaban J connectivity index is 2.34. The van der Waals surface area contributed by atoms with E-state index in [-0.39, 0.29) is 5.57 Å². The van der Waals surface area contributed by atoms with E-state index in [0.29, 0.717) is 0 Å². The fraction of sp³-hybridized carbons (Fsp3) is 0.250. The molecule has 84 valence electrons. The van der Waals surface area contributed by atoms with Crippen LogP contribution >= 0.6 is 0 Å². The molecule has 0 radical (unpaired) electrons. The first-order valence-corrected chi connectivity index (χ1v) is 4.87. The van der Waals surface area contributed by atoms with Crippen LogP contribution in [0.1, 0.15) is 23.5 Å². The molecule has 2 atom stereocenters. The number of carbonyl (C=O) groups excluding carboxylic acids is 1. The summed E-state index contributed by atoms with van der Waals surface area (Å²) in [5.41, 5.74) is 1.82. The van der Waals surface area contributed by atoms with Crippen LogP contribution < -0.4 is 0 Å². The molecule has 4 nitrogen and oxygen atoms in total. The van der Waals surface area contributed by atoms with Crippen molar-refractivity contribution in [3.8, 4) is 0 Å². The van der Waals surface area contributed by atoms with Gasteiger partial charge < -0.3 is 9.84 Å². The zero-order chi connectivity index (χ0) is 11.7. The van der Waals surface area contributed by atoms with E-state index in [1.165, 1.54) is 7.11 Å². The largest absolute Gasteiger partial charge is 0.466 e. The summed E-state index contributed by atoms with van der Waals surface area (Å²) in [6.07, 6.45) is -1.33. The summed E-state index contributed by atoms with van der Waals surface area (Å²) in [6.45, 7) is 3.66. The van der Waals surface area contributed by atoms with Gasteiger partial charge in [-0.15, -0.1) is 0 Å². The van der Waals surface area contributed by atoms with Crippen LogP contribution in [0.25, 0.3) is 0 Å². The maximum absolute atomic E-state index is 11.4. The van der Waals surface area contributed by atoms with Crippen LogP contribution in [0.4, 0.5) is 0 Å². The first kappa shape index (κ1) is 10.9. The first-order chi connectivity index (χ1) is 7.65. The van der Waals surface area contributed by atoms with Crippen molar-refractivity contribution in [2.45, 2.75) is 12.4 Å². The molecule has 16 heavy (non-hydrogen) atoms. The van der Waals surface area contributed by atoms with Crippen LogP contribution in [-0.4, -0.2) is 18.2 Å². The number of esters is 1. The van der Waals surface area contributed by atoms with Crippen molar-refractivity contribution in [2.75, 3.05) is 7.11 Å². The molecule has 2 rings (SSSR count). The van der Waals surface area contributed by atoms with Gasteiger partial charge in [-0.2, -0.15) is 0 Å². The van der Waals surface area contributed by atoms with Gasteiger partial charge in [0.15, 0.2) is 0 Å². The molecule has 1 aliphatic heterocycles. The van der Waals surface area contributed by atoms with Crippen molar-refractivity contribution in [2.24, 2.45) is 0 Å². The summed E-state index contributed by atoms with van der Waals surface area (Å²) in [4.78, 5) is 11.4. The van der Waals surface area contributed by atoms with E-state index in [9.17, 15) is 4.79 Å². The SMILES string of the molecule is C=C(C(=O)OC)C1OC([OH2+])c2ccccc21. The smallest absolute Gasteiger partial charge is 0.336 e. The average molecular weight is 221 g/mol. The predicted octanol–water partition coefficient (Wildman–Crippen LogP) is 1.21. The lowest BCUT2D eigenvalue weighted by Crippen LogP contribution is -2.12. The van der Waals surface area contributed by atoms with Crippen LogP contribution in [0.15, 0.2) is 36.4 Å². The van der Waals surface area contributed by atoms with Gasteiger partial charge in [0.2, 0.25) is 0 Å². The van der Waals surface area contributed by atoms with Crippen molar-refractivity contribution in [3.05, 3.63) is 47.5 Å². The third kappa shape index (κ3) is 1.62. The van der Waals surface area contributed by atoms with E-state index in [4.69, 9.17) is 9.84 Å². The van der Waals surface area contributed by atoms with Crippen molar-refractivity contribution in [1.82, 2.24) is 0 Å². The Morgan fingerprint density at radius 1 is 1.44 bits per heavy atom. The Kier molecular flexibility index (Phi) is 2.77. The van der Waals surface area contributed by atoms with Crippen molar-refractivity contribution >= 4 is 5.97 Å². The molecule has 0 aliphatic carbocycles. The number of benzene rings is 1. The Labute approximate surface area is 93.1 Å². The van der Waals surface area contributed by atoms with Crippen LogP contribution in [0.2, 0.25) is 0 Å². The molecular weight excluding hydrogens is 208 g/mol. The third-order valence-corrected chi connectivity index (χ3v) is 2.60. The summed E-state index contributed by atoms with van der Waals surface area (Å²) < 4.78 is 9.98. The van der Waals surface area contributed by atoms with Gasteiger partial charge in [0.1, 0.15) is 6.10 Å². The number of hydrogen-bond acceptors (Lipinski definition) is 3. The zero-order valence-electron chi connectivity index (χ0n) is 8.90. The molecule has 2 N–H and O–H groups in total. The molecule has 0 saturated heterocycles. The lowest BCUT2D eigenvalue weighted by atomic mass is 10.0. The lowest BCUT2D eigenvalue weighted by Gasteiger charge is -2.11. The summed E-state index contributed by atoms with van der Waals surface area (Å²) in [5, 5.41) is 7.72. The highest BCUT2D eigenvalue weighted by Gasteiger charge is 2.37. The monoisotopic (exact) mass is 221 g/mol. The van der Waals surface area contributed by atoms with Gasteiger partial charge in [-0.3, -0.25) is 4.74 Å². The maximum atomic E-state index is 11.4. The molecule has 0 saturated carbocycles. The van der Waals surface area contributed by atoms with Crippen LogP contribution in [0, 0.1) is 0 Å². The number of hydrogen-bond donors (Lipinski definition) is 0. The number of methoxy groups -OCH3 is 1. The number of carbonyl (C=O) groups is 1. The second kappa shape index (κ2) is 4.08. The highest BCUT2D eigenvalue weighted by atomic mass is 16.6. The summed E-state index contributed by atoms with van der Waals surface area (Å²) in [7, 11) is 1.30. The molecule has 4 heteroatoms. The van der Waals surface area contributed by atoms with E-state index >= 15 is 0 Å². The molecule has 1 heterocycles. The van der Waals surface area contributed by atoms with Gasteiger partial charge in [0, 0.05) is 0 Å². The predicted molar refractivity (Wildman–Crippen MR) is 57.8 cm³/mol. The Morgan fingerprint density at radius 2 is 2.06 bits per heavy atom. The highest BCUT2D eigenvalue weighted by molar-refractivity contribution is 5.89.